The predicted octanol–water partition coefficient (Wildman–Crippen LogP) is 4.17. The third-order valence-electron chi connectivity index (χ3n) is 5.22. The van der Waals surface area contributed by atoms with Crippen LogP contribution in [0.5, 0.6) is 5.75 Å². The van der Waals surface area contributed by atoms with Crippen molar-refractivity contribution < 1.29 is 18.3 Å². The fourth-order valence-corrected chi connectivity index (χ4v) is 3.87. The molecule has 0 fully saturated rings. The molecule has 7 nitrogen and oxygen atoms in total. The number of nitrogens with zero attached hydrogens (tertiary/aromatic N) is 4. The van der Waals surface area contributed by atoms with E-state index in [2.05, 4.69) is 31.2 Å². The van der Waals surface area contributed by atoms with E-state index in [4.69, 9.17) is 0 Å². The number of ether oxygens (including phenoxy) is 1. The maximum atomic E-state index is 13.5. The summed E-state index contributed by atoms with van der Waals surface area (Å²) in [4.78, 5) is 20.6. The van der Waals surface area contributed by atoms with E-state index in [1.807, 2.05) is 26.0 Å². The van der Waals surface area contributed by atoms with Crippen LogP contribution >= 0.6 is 0 Å². The van der Waals surface area contributed by atoms with Gasteiger partial charge in [0.15, 0.2) is 5.65 Å². The number of hydrogen-bond acceptors (Lipinski definition) is 6. The second-order valence-electron chi connectivity index (χ2n) is 7.92. The highest BCUT2D eigenvalue weighted by atomic mass is 19.3. The lowest BCUT2D eigenvalue weighted by molar-refractivity contribution is -0.193. The Kier molecular flexibility index (Phi) is 4.61. The minimum atomic E-state index is -3.78. The summed E-state index contributed by atoms with van der Waals surface area (Å²) in [5.74, 6) is -0.787. The van der Waals surface area contributed by atoms with Crippen molar-refractivity contribution in [1.82, 2.24) is 19.6 Å². The molecule has 0 spiro atoms. The van der Waals surface area contributed by atoms with Crippen molar-refractivity contribution in [3.8, 4) is 5.75 Å². The molecule has 0 amide bonds. The Morgan fingerprint density at radius 2 is 1.94 bits per heavy atom. The zero-order valence-electron chi connectivity index (χ0n) is 17.4. The molecule has 162 valence electrons. The minimum Gasteiger partial charge on any atom is -0.426 e. The summed E-state index contributed by atoms with van der Waals surface area (Å²) in [6.45, 7) is 4.05. The van der Waals surface area contributed by atoms with Gasteiger partial charge < -0.3 is 10.1 Å². The van der Waals surface area contributed by atoms with E-state index < -0.39 is 11.9 Å². The molecule has 0 saturated carbocycles. The predicted molar refractivity (Wildman–Crippen MR) is 114 cm³/mol. The summed E-state index contributed by atoms with van der Waals surface area (Å²) in [6.07, 6.45) is -0.418. The lowest BCUT2D eigenvalue weighted by Gasteiger charge is -2.24. The second kappa shape index (κ2) is 7.37. The normalized spacial score (nSPS) is 14.8. The Balaban J connectivity index is 1.43. The summed E-state index contributed by atoms with van der Waals surface area (Å²) < 4.78 is 33.2. The van der Waals surface area contributed by atoms with E-state index in [1.54, 1.807) is 29.0 Å². The van der Waals surface area contributed by atoms with Gasteiger partial charge in [-0.2, -0.15) is 13.8 Å². The van der Waals surface area contributed by atoms with Gasteiger partial charge in [-0.25, -0.2) is 4.52 Å². The molecule has 0 saturated heterocycles. The van der Waals surface area contributed by atoms with Gasteiger partial charge in [0.25, 0.3) is 0 Å². The summed E-state index contributed by atoms with van der Waals surface area (Å²) in [6, 6.07) is 10.9. The first-order valence-corrected chi connectivity index (χ1v) is 10.0. The highest BCUT2D eigenvalue weighted by Crippen LogP contribution is 2.34. The number of Topliss-reactive ketones (excluding diaryl/α,β-unsaturated/α-hetero) is 1. The first-order valence-electron chi connectivity index (χ1n) is 10.0. The SMILES string of the molecule is Cc1cc(C)cc(Nc2nc3c(Cc4ccc5c(c4)CC(=O)C(F)(F)O5)nccn3n2)c1. The van der Waals surface area contributed by atoms with E-state index in [1.165, 1.54) is 6.07 Å². The fourth-order valence-electron chi connectivity index (χ4n) is 3.87. The number of alkyl halides is 2. The monoisotopic (exact) mass is 435 g/mol. The molecule has 1 N–H and O–H groups in total. The average Bonchev–Trinajstić information content (AvgIpc) is 3.11. The highest BCUT2D eigenvalue weighted by Gasteiger charge is 2.45. The average molecular weight is 435 g/mol. The van der Waals surface area contributed by atoms with Gasteiger partial charge in [0.05, 0.1) is 5.69 Å². The number of benzene rings is 2. The standard InChI is InChI=1S/C23H19F2N5O2/c1-13-7-14(2)9-17(8-13)27-22-28-21-18(26-5-6-30(21)29-22)11-15-3-4-19-16(10-15)12-20(31)23(24,25)32-19/h3-10H,11-12H2,1-2H3,(H,27,29). The number of anilines is 2. The summed E-state index contributed by atoms with van der Waals surface area (Å²) in [5, 5.41) is 7.70. The van der Waals surface area contributed by atoms with Gasteiger partial charge in [-0.05, 0) is 48.7 Å². The van der Waals surface area contributed by atoms with Crippen LogP contribution in [-0.4, -0.2) is 31.5 Å². The number of fused-ring (bicyclic) bond motifs is 2. The summed E-state index contributed by atoms with van der Waals surface area (Å²) in [5.41, 5.74) is 5.64. The Morgan fingerprint density at radius 3 is 2.72 bits per heavy atom. The molecule has 1 aliphatic heterocycles. The van der Waals surface area contributed by atoms with Crippen LogP contribution in [0.4, 0.5) is 20.4 Å². The number of nitrogens with one attached hydrogen (secondary N) is 1. The maximum absolute atomic E-state index is 13.5. The van der Waals surface area contributed by atoms with Gasteiger partial charge in [-0.3, -0.25) is 9.78 Å². The van der Waals surface area contributed by atoms with Gasteiger partial charge in [-0.1, -0.05) is 18.2 Å². The van der Waals surface area contributed by atoms with Crippen molar-refractivity contribution in [1.29, 1.82) is 0 Å². The number of halogens is 2. The molecule has 0 bridgehead atoms. The minimum absolute atomic E-state index is 0.0203. The third-order valence-corrected chi connectivity index (χ3v) is 5.22. The number of rotatable bonds is 4. The van der Waals surface area contributed by atoms with Gasteiger partial charge >= 0.3 is 6.11 Å². The van der Waals surface area contributed by atoms with Crippen LogP contribution in [0.1, 0.15) is 27.9 Å². The van der Waals surface area contributed by atoms with Crippen LogP contribution in [0.2, 0.25) is 0 Å². The lowest BCUT2D eigenvalue weighted by atomic mass is 9.99. The lowest BCUT2D eigenvalue weighted by Crippen LogP contribution is -2.40. The molecular weight excluding hydrogens is 416 g/mol. The number of carbonyl (C=O) groups excluding carboxylic acids is 1. The van der Waals surface area contributed by atoms with E-state index in [-0.39, 0.29) is 12.2 Å². The van der Waals surface area contributed by atoms with Crippen LogP contribution in [0.15, 0.2) is 48.8 Å². The van der Waals surface area contributed by atoms with Crippen molar-refractivity contribution in [2.75, 3.05) is 5.32 Å². The molecule has 0 radical (unpaired) electrons. The highest BCUT2D eigenvalue weighted by molar-refractivity contribution is 5.88. The number of hydrogen-bond donors (Lipinski definition) is 1. The quantitative estimate of drug-likeness (QED) is 0.518. The number of aromatic nitrogens is 4. The molecule has 0 aliphatic carbocycles. The molecule has 5 rings (SSSR count). The van der Waals surface area contributed by atoms with Gasteiger partial charge in [0.1, 0.15) is 5.75 Å². The molecule has 0 unspecified atom stereocenters. The van der Waals surface area contributed by atoms with Gasteiger partial charge in [0.2, 0.25) is 11.7 Å². The van der Waals surface area contributed by atoms with Crippen LogP contribution in [0.25, 0.3) is 5.65 Å². The number of aryl methyl sites for hydroxylation is 2. The zero-order valence-corrected chi connectivity index (χ0v) is 17.4. The van der Waals surface area contributed by atoms with E-state index in [9.17, 15) is 13.6 Å². The van der Waals surface area contributed by atoms with E-state index in [0.29, 0.717) is 29.3 Å². The Morgan fingerprint density at radius 1 is 1.16 bits per heavy atom. The molecule has 0 atom stereocenters. The van der Waals surface area contributed by atoms with Gasteiger partial charge in [0, 0.05) is 36.5 Å². The molecule has 4 aromatic rings. The first kappa shape index (κ1) is 20.0. The van der Waals surface area contributed by atoms with E-state index >= 15 is 0 Å². The molecule has 3 heterocycles. The van der Waals surface area contributed by atoms with Crippen LogP contribution in [-0.2, 0) is 17.6 Å². The molecule has 2 aromatic heterocycles. The molecule has 1 aliphatic rings. The topological polar surface area (TPSA) is 81.4 Å². The third kappa shape index (κ3) is 3.77. The van der Waals surface area contributed by atoms with Gasteiger partial charge in [-0.15, -0.1) is 5.10 Å². The Hall–Kier alpha value is -3.88. The summed E-state index contributed by atoms with van der Waals surface area (Å²) in [7, 11) is 0. The molecule has 32 heavy (non-hydrogen) atoms. The van der Waals surface area contributed by atoms with Crippen molar-refractivity contribution in [3.63, 3.8) is 0 Å². The van der Waals surface area contributed by atoms with Crippen molar-refractivity contribution in [2.45, 2.75) is 32.8 Å². The van der Waals surface area contributed by atoms with Crippen LogP contribution in [0.3, 0.4) is 0 Å². The zero-order chi connectivity index (χ0) is 22.5. The maximum Gasteiger partial charge on any atom is 0.461 e. The Bertz CT molecular complexity index is 1350. The fraction of sp³-hybridized carbons (Fsp3) is 0.217. The molecule has 9 heteroatoms. The summed E-state index contributed by atoms with van der Waals surface area (Å²) >= 11 is 0. The van der Waals surface area contributed by atoms with Crippen LogP contribution < -0.4 is 10.1 Å². The smallest absolute Gasteiger partial charge is 0.426 e. The number of ketones is 1. The van der Waals surface area contributed by atoms with Crippen LogP contribution in [0, 0.1) is 13.8 Å². The first-order chi connectivity index (χ1) is 15.3. The molecule has 2 aromatic carbocycles. The van der Waals surface area contributed by atoms with Crippen molar-refractivity contribution in [3.05, 3.63) is 76.7 Å². The number of carbonyl (C=O) groups is 1. The van der Waals surface area contributed by atoms with E-state index in [0.717, 1.165) is 22.4 Å². The largest absolute Gasteiger partial charge is 0.461 e. The molecular formula is C23H19F2N5O2. The van der Waals surface area contributed by atoms with Crippen molar-refractivity contribution >= 4 is 23.1 Å². The van der Waals surface area contributed by atoms with Crippen molar-refractivity contribution in [2.24, 2.45) is 0 Å². The Labute approximate surface area is 182 Å². The second-order valence-corrected chi connectivity index (χ2v) is 7.92.